The van der Waals surface area contributed by atoms with E-state index in [0.717, 1.165) is 30.5 Å². The van der Waals surface area contributed by atoms with Crippen LogP contribution in [0.25, 0.3) is 0 Å². The smallest absolute Gasteiger partial charge is 0.313 e. The number of anilines is 1. The lowest BCUT2D eigenvalue weighted by Gasteiger charge is -2.25. The zero-order chi connectivity index (χ0) is 17.8. The van der Waals surface area contributed by atoms with Gasteiger partial charge in [-0.2, -0.15) is 0 Å². The van der Waals surface area contributed by atoms with Crippen LogP contribution in [0.1, 0.15) is 31.0 Å². The van der Waals surface area contributed by atoms with Gasteiger partial charge in [0.05, 0.1) is 0 Å². The minimum absolute atomic E-state index is 0.0670. The van der Waals surface area contributed by atoms with E-state index in [9.17, 15) is 14.7 Å². The zero-order valence-corrected chi connectivity index (χ0v) is 14.7. The van der Waals surface area contributed by atoms with Crippen molar-refractivity contribution in [3.8, 4) is 0 Å². The Hall–Kier alpha value is -2.18. The van der Waals surface area contributed by atoms with Crippen LogP contribution in [0.3, 0.4) is 0 Å². The zero-order valence-electron chi connectivity index (χ0n) is 14.7. The first-order chi connectivity index (χ1) is 11.9. The third kappa shape index (κ3) is 2.56. The maximum absolute atomic E-state index is 12.4. The van der Waals surface area contributed by atoms with Crippen molar-refractivity contribution in [2.75, 3.05) is 31.1 Å². The molecule has 2 aliphatic heterocycles. The number of rotatable bonds is 4. The Balaban J connectivity index is 1.57. The predicted molar refractivity (Wildman–Crippen MR) is 91.2 cm³/mol. The van der Waals surface area contributed by atoms with E-state index in [1.54, 1.807) is 4.90 Å². The second-order valence-electron chi connectivity index (χ2n) is 7.69. The highest BCUT2D eigenvalue weighted by atomic mass is 16.4. The molecule has 4 rings (SSSR count). The van der Waals surface area contributed by atoms with Gasteiger partial charge in [0.25, 0.3) is 0 Å². The number of aryl methyl sites for hydroxylation is 2. The third-order valence-electron chi connectivity index (χ3n) is 5.95. The third-order valence-corrected chi connectivity index (χ3v) is 5.95. The Kier molecular flexibility index (Phi) is 3.70. The standard InChI is InChI=1S/C18H24N4O3/c1-3-14-11(2)6-19-17(20-14)22-8-13-7-21(15(23)12-4-5-12)9-18(13,10-22)16(24)25/h6,12-13H,3-5,7-10H2,1-2H3,(H,24,25)/t13-,18-/m0/s1. The van der Waals surface area contributed by atoms with Crippen LogP contribution in [0.2, 0.25) is 0 Å². The molecule has 3 aliphatic rings. The number of carboxylic acid groups (broad SMARTS) is 1. The number of carbonyl (C=O) groups is 2. The van der Waals surface area contributed by atoms with Gasteiger partial charge in [-0.25, -0.2) is 9.97 Å². The van der Waals surface area contributed by atoms with E-state index < -0.39 is 11.4 Å². The molecule has 1 aromatic heterocycles. The minimum Gasteiger partial charge on any atom is -0.481 e. The van der Waals surface area contributed by atoms with Crippen molar-refractivity contribution in [1.82, 2.24) is 14.9 Å². The Bertz CT molecular complexity index is 733. The lowest BCUT2D eigenvalue weighted by atomic mass is 9.81. The first-order valence-electron chi connectivity index (χ1n) is 9.04. The number of amides is 1. The molecule has 25 heavy (non-hydrogen) atoms. The molecule has 2 saturated heterocycles. The fraction of sp³-hybridized carbons (Fsp3) is 0.667. The summed E-state index contributed by atoms with van der Waals surface area (Å²) < 4.78 is 0. The number of hydrogen-bond acceptors (Lipinski definition) is 5. The predicted octanol–water partition coefficient (Wildman–Crippen LogP) is 1.11. The van der Waals surface area contributed by atoms with Crippen molar-refractivity contribution in [2.45, 2.75) is 33.1 Å². The summed E-state index contributed by atoms with van der Waals surface area (Å²) in [4.78, 5) is 37.3. The molecule has 1 amide bonds. The number of carbonyl (C=O) groups excluding carboxylic acids is 1. The maximum Gasteiger partial charge on any atom is 0.313 e. The SMILES string of the molecule is CCc1nc(N2C[C@@H]3CN(C(=O)C4CC4)C[C@]3(C(=O)O)C2)ncc1C. The fourth-order valence-electron chi connectivity index (χ4n) is 4.25. The van der Waals surface area contributed by atoms with Gasteiger partial charge < -0.3 is 14.9 Å². The van der Waals surface area contributed by atoms with Crippen LogP contribution < -0.4 is 4.90 Å². The molecule has 134 valence electrons. The molecule has 0 bridgehead atoms. The first-order valence-corrected chi connectivity index (χ1v) is 9.04. The van der Waals surface area contributed by atoms with E-state index in [-0.39, 0.29) is 17.7 Å². The molecule has 3 heterocycles. The van der Waals surface area contributed by atoms with Crippen molar-refractivity contribution in [3.63, 3.8) is 0 Å². The highest BCUT2D eigenvalue weighted by molar-refractivity contribution is 5.84. The lowest BCUT2D eigenvalue weighted by molar-refractivity contribution is -0.148. The van der Waals surface area contributed by atoms with Gasteiger partial charge in [0, 0.05) is 49.9 Å². The molecular formula is C18H24N4O3. The summed E-state index contributed by atoms with van der Waals surface area (Å²) in [5.41, 5.74) is 1.15. The topological polar surface area (TPSA) is 86.6 Å². The van der Waals surface area contributed by atoms with Gasteiger partial charge in [0.1, 0.15) is 5.41 Å². The summed E-state index contributed by atoms with van der Waals surface area (Å²) in [7, 11) is 0. The molecule has 7 heteroatoms. The van der Waals surface area contributed by atoms with Gasteiger partial charge in [-0.1, -0.05) is 6.92 Å². The molecule has 1 N–H and O–H groups in total. The van der Waals surface area contributed by atoms with E-state index in [1.807, 2.05) is 18.0 Å². The van der Waals surface area contributed by atoms with Crippen molar-refractivity contribution in [3.05, 3.63) is 17.5 Å². The van der Waals surface area contributed by atoms with Gasteiger partial charge in [-0.05, 0) is 31.7 Å². The Morgan fingerprint density at radius 3 is 2.68 bits per heavy atom. The Labute approximate surface area is 147 Å². The van der Waals surface area contributed by atoms with Crippen LogP contribution >= 0.6 is 0 Å². The average molecular weight is 344 g/mol. The maximum atomic E-state index is 12.4. The van der Waals surface area contributed by atoms with Crippen molar-refractivity contribution in [2.24, 2.45) is 17.3 Å². The highest BCUT2D eigenvalue weighted by Gasteiger charge is 2.59. The van der Waals surface area contributed by atoms with Crippen molar-refractivity contribution >= 4 is 17.8 Å². The van der Waals surface area contributed by atoms with E-state index >= 15 is 0 Å². The molecule has 7 nitrogen and oxygen atoms in total. The van der Waals surface area contributed by atoms with Crippen LogP contribution in [-0.2, 0) is 16.0 Å². The van der Waals surface area contributed by atoms with Crippen LogP contribution in [0.5, 0.6) is 0 Å². The summed E-state index contributed by atoms with van der Waals surface area (Å²) in [6.07, 6.45) is 4.53. The van der Waals surface area contributed by atoms with Gasteiger partial charge in [0.2, 0.25) is 11.9 Å². The Morgan fingerprint density at radius 1 is 1.32 bits per heavy atom. The molecule has 1 saturated carbocycles. The van der Waals surface area contributed by atoms with Crippen molar-refractivity contribution < 1.29 is 14.7 Å². The quantitative estimate of drug-likeness (QED) is 0.880. The van der Waals surface area contributed by atoms with Gasteiger partial charge >= 0.3 is 5.97 Å². The highest BCUT2D eigenvalue weighted by Crippen LogP contribution is 2.45. The summed E-state index contributed by atoms with van der Waals surface area (Å²) >= 11 is 0. The van der Waals surface area contributed by atoms with E-state index in [4.69, 9.17) is 0 Å². The lowest BCUT2D eigenvalue weighted by Crippen LogP contribution is -2.42. The number of carboxylic acids is 1. The summed E-state index contributed by atoms with van der Waals surface area (Å²) in [5, 5.41) is 9.93. The van der Waals surface area contributed by atoms with Crippen molar-refractivity contribution in [1.29, 1.82) is 0 Å². The van der Waals surface area contributed by atoms with Crippen LogP contribution in [0.15, 0.2) is 6.20 Å². The van der Waals surface area contributed by atoms with E-state index in [2.05, 4.69) is 16.9 Å². The molecule has 0 aromatic carbocycles. The molecular weight excluding hydrogens is 320 g/mol. The summed E-state index contributed by atoms with van der Waals surface area (Å²) in [5.74, 6) is 0.00361. The van der Waals surface area contributed by atoms with E-state index in [0.29, 0.717) is 32.1 Å². The second-order valence-corrected chi connectivity index (χ2v) is 7.69. The van der Waals surface area contributed by atoms with Gasteiger partial charge in [0.15, 0.2) is 0 Å². The molecule has 1 aromatic rings. The van der Waals surface area contributed by atoms with Crippen LogP contribution in [-0.4, -0.2) is 58.0 Å². The normalized spacial score (nSPS) is 28.3. The second kappa shape index (κ2) is 5.68. The number of nitrogens with zero attached hydrogens (tertiary/aromatic N) is 4. The number of likely N-dealkylation sites (tertiary alicyclic amines) is 1. The number of fused-ring (bicyclic) bond motifs is 1. The van der Waals surface area contributed by atoms with Gasteiger partial charge in [-0.15, -0.1) is 0 Å². The fourth-order valence-corrected chi connectivity index (χ4v) is 4.25. The largest absolute Gasteiger partial charge is 0.481 e. The minimum atomic E-state index is -0.898. The first kappa shape index (κ1) is 16.3. The van der Waals surface area contributed by atoms with Crippen LogP contribution in [0, 0.1) is 24.2 Å². The molecule has 0 radical (unpaired) electrons. The molecule has 2 atom stereocenters. The molecule has 0 unspecified atom stereocenters. The summed E-state index contributed by atoms with van der Waals surface area (Å²) in [6, 6.07) is 0. The monoisotopic (exact) mass is 344 g/mol. The van der Waals surface area contributed by atoms with E-state index in [1.165, 1.54) is 0 Å². The number of aliphatic carboxylic acids is 1. The molecule has 3 fully saturated rings. The number of hydrogen-bond donors (Lipinski definition) is 1. The molecule has 1 aliphatic carbocycles. The number of aromatic nitrogens is 2. The van der Waals surface area contributed by atoms with Crippen LogP contribution in [0.4, 0.5) is 5.95 Å². The molecule has 0 spiro atoms. The average Bonchev–Trinajstić information content (AvgIpc) is 3.27. The van der Waals surface area contributed by atoms with Gasteiger partial charge in [-0.3, -0.25) is 9.59 Å². The Morgan fingerprint density at radius 2 is 2.08 bits per heavy atom. The summed E-state index contributed by atoms with van der Waals surface area (Å²) in [6.45, 7) is 5.84.